The zero-order chi connectivity index (χ0) is 17.2. The maximum Gasteiger partial charge on any atom is 0.174 e. The van der Waals surface area contributed by atoms with Gasteiger partial charge in [0, 0.05) is 16.8 Å². The van der Waals surface area contributed by atoms with Gasteiger partial charge in [-0.05, 0) is 59.9 Å². The Morgan fingerprint density at radius 2 is 1.96 bits per heavy atom. The van der Waals surface area contributed by atoms with Crippen LogP contribution in [-0.4, -0.2) is 10.1 Å². The number of nitrogens with one attached hydrogen (secondary N) is 1. The highest BCUT2D eigenvalue weighted by molar-refractivity contribution is 7.80. The molecule has 0 radical (unpaired) electrons. The van der Waals surface area contributed by atoms with E-state index < -0.39 is 0 Å². The van der Waals surface area contributed by atoms with Gasteiger partial charge in [0.25, 0.3) is 0 Å². The summed E-state index contributed by atoms with van der Waals surface area (Å²) in [6, 6.07) is 19.1. The maximum atomic E-state index is 5.70. The Bertz CT molecular complexity index is 844. The van der Waals surface area contributed by atoms with Gasteiger partial charge in [0.15, 0.2) is 5.11 Å². The summed E-state index contributed by atoms with van der Waals surface area (Å²) in [6.45, 7) is 2.17. The number of hydrogen-bond acceptors (Lipinski definition) is 3. The van der Waals surface area contributed by atoms with E-state index in [9.17, 15) is 0 Å². The van der Waals surface area contributed by atoms with E-state index in [2.05, 4.69) is 70.0 Å². The molecule has 1 aromatic carbocycles. The molecule has 0 amide bonds. The smallest absolute Gasteiger partial charge is 0.174 e. The number of hydrogen-bond donors (Lipinski definition) is 1. The van der Waals surface area contributed by atoms with Crippen LogP contribution in [0, 0.1) is 0 Å². The van der Waals surface area contributed by atoms with E-state index in [-0.39, 0.29) is 12.1 Å². The van der Waals surface area contributed by atoms with Gasteiger partial charge in [-0.3, -0.25) is 4.98 Å². The number of anilines is 1. The maximum absolute atomic E-state index is 5.70. The van der Waals surface area contributed by atoms with Crippen molar-refractivity contribution in [2.75, 3.05) is 4.90 Å². The lowest BCUT2D eigenvalue weighted by Gasteiger charge is -2.27. The van der Waals surface area contributed by atoms with Gasteiger partial charge in [-0.2, -0.15) is 0 Å². The van der Waals surface area contributed by atoms with Crippen LogP contribution in [0.3, 0.4) is 0 Å². The Kier molecular flexibility index (Phi) is 4.51. The molecule has 1 aliphatic heterocycles. The quantitative estimate of drug-likeness (QED) is 0.667. The fraction of sp³-hybridized carbons (Fsp3) is 0.200. The largest absolute Gasteiger partial charge is 0.351 e. The number of thiophene rings is 1. The summed E-state index contributed by atoms with van der Waals surface area (Å²) in [7, 11) is 0. The van der Waals surface area contributed by atoms with E-state index in [4.69, 9.17) is 12.2 Å². The first-order valence-corrected chi connectivity index (χ1v) is 9.69. The minimum absolute atomic E-state index is 0.0400. The number of aromatic nitrogens is 1. The predicted molar refractivity (Wildman–Crippen MR) is 108 cm³/mol. The van der Waals surface area contributed by atoms with E-state index in [1.165, 1.54) is 10.4 Å². The number of aryl methyl sites for hydroxylation is 1. The highest BCUT2D eigenvalue weighted by Crippen LogP contribution is 2.42. The van der Waals surface area contributed by atoms with Crippen molar-refractivity contribution in [1.29, 1.82) is 0 Å². The third-order valence-corrected chi connectivity index (χ3v) is 5.81. The van der Waals surface area contributed by atoms with Crippen LogP contribution in [0.15, 0.2) is 66.2 Å². The van der Waals surface area contributed by atoms with Gasteiger partial charge in [0.05, 0.1) is 17.8 Å². The Balaban J connectivity index is 1.77. The normalized spacial score (nSPS) is 19.9. The first kappa shape index (κ1) is 16.2. The van der Waals surface area contributed by atoms with Crippen LogP contribution in [-0.2, 0) is 6.42 Å². The zero-order valence-electron chi connectivity index (χ0n) is 13.9. The second kappa shape index (κ2) is 6.94. The third kappa shape index (κ3) is 3.05. The second-order valence-corrected chi connectivity index (χ2v) is 7.40. The van der Waals surface area contributed by atoms with Crippen molar-refractivity contribution >= 4 is 34.4 Å². The molecule has 126 valence electrons. The predicted octanol–water partition coefficient (Wildman–Crippen LogP) is 4.88. The van der Waals surface area contributed by atoms with Crippen molar-refractivity contribution in [3.8, 4) is 0 Å². The molecule has 2 atom stereocenters. The molecule has 1 aliphatic rings. The van der Waals surface area contributed by atoms with Crippen molar-refractivity contribution in [1.82, 2.24) is 10.3 Å². The Hall–Kier alpha value is -2.24. The molecule has 3 nitrogen and oxygen atoms in total. The Labute approximate surface area is 157 Å². The minimum atomic E-state index is 0.0400. The van der Waals surface area contributed by atoms with Crippen LogP contribution < -0.4 is 10.2 Å². The highest BCUT2D eigenvalue weighted by atomic mass is 32.1. The van der Waals surface area contributed by atoms with Crippen LogP contribution in [0.25, 0.3) is 0 Å². The van der Waals surface area contributed by atoms with Gasteiger partial charge in [-0.15, -0.1) is 11.3 Å². The number of pyridine rings is 1. The summed E-state index contributed by atoms with van der Waals surface area (Å²) < 4.78 is 0. The molecule has 0 saturated carbocycles. The van der Waals surface area contributed by atoms with Gasteiger partial charge in [0.2, 0.25) is 0 Å². The Morgan fingerprint density at radius 3 is 2.60 bits per heavy atom. The number of benzene rings is 1. The second-order valence-electron chi connectivity index (χ2n) is 6.03. The van der Waals surface area contributed by atoms with Crippen LogP contribution in [0.2, 0.25) is 0 Å². The fourth-order valence-electron chi connectivity index (χ4n) is 3.27. The summed E-state index contributed by atoms with van der Waals surface area (Å²) >= 11 is 7.46. The molecule has 0 bridgehead atoms. The fourth-order valence-corrected chi connectivity index (χ4v) is 4.47. The lowest BCUT2D eigenvalue weighted by molar-refractivity contribution is 0.575. The van der Waals surface area contributed by atoms with Crippen LogP contribution in [0.1, 0.15) is 35.1 Å². The molecule has 1 saturated heterocycles. The first-order valence-electron chi connectivity index (χ1n) is 8.41. The van der Waals surface area contributed by atoms with Gasteiger partial charge < -0.3 is 10.2 Å². The van der Waals surface area contributed by atoms with Crippen molar-refractivity contribution in [2.45, 2.75) is 25.4 Å². The van der Waals surface area contributed by atoms with Gasteiger partial charge >= 0.3 is 0 Å². The molecular weight excluding hydrogens is 346 g/mol. The van der Waals surface area contributed by atoms with Crippen molar-refractivity contribution in [3.63, 3.8) is 0 Å². The molecule has 1 fully saturated rings. The lowest BCUT2D eigenvalue weighted by atomic mass is 10.0. The molecule has 0 unspecified atom stereocenters. The molecule has 1 N–H and O–H groups in total. The van der Waals surface area contributed by atoms with Crippen LogP contribution >= 0.6 is 23.6 Å². The molecule has 3 heterocycles. The molecule has 25 heavy (non-hydrogen) atoms. The zero-order valence-corrected chi connectivity index (χ0v) is 15.6. The van der Waals surface area contributed by atoms with Gasteiger partial charge in [-0.25, -0.2) is 0 Å². The SMILES string of the molecule is CCc1ccc(N2C(=S)N[C@@H](c3ccccn3)[C@H]2c2cccs2)cc1. The summed E-state index contributed by atoms with van der Waals surface area (Å²) in [5, 5.41) is 6.35. The number of rotatable bonds is 4. The standard InChI is InChI=1S/C20H19N3S2/c1-2-14-8-10-15(11-9-14)23-19(17-7-5-13-25-17)18(22-20(23)24)16-6-3-4-12-21-16/h3-13,18-19H,2H2,1H3,(H,22,24)/t18-,19+/m0/s1. The molecular formula is C20H19N3S2. The van der Waals surface area contributed by atoms with E-state index in [1.54, 1.807) is 11.3 Å². The highest BCUT2D eigenvalue weighted by Gasteiger charge is 2.41. The van der Waals surface area contributed by atoms with E-state index in [0.717, 1.165) is 22.9 Å². The van der Waals surface area contributed by atoms with Gasteiger partial charge in [-0.1, -0.05) is 31.2 Å². The van der Waals surface area contributed by atoms with Crippen molar-refractivity contribution in [3.05, 3.63) is 82.3 Å². The molecule has 5 heteroatoms. The monoisotopic (exact) mass is 365 g/mol. The van der Waals surface area contributed by atoms with E-state index >= 15 is 0 Å². The molecule has 2 aromatic heterocycles. The van der Waals surface area contributed by atoms with Gasteiger partial charge in [0.1, 0.15) is 0 Å². The third-order valence-electron chi connectivity index (χ3n) is 4.56. The van der Waals surface area contributed by atoms with Crippen molar-refractivity contribution in [2.24, 2.45) is 0 Å². The van der Waals surface area contributed by atoms with Crippen molar-refractivity contribution < 1.29 is 0 Å². The molecule has 3 aromatic rings. The van der Waals surface area contributed by atoms with E-state index in [0.29, 0.717) is 0 Å². The summed E-state index contributed by atoms with van der Waals surface area (Å²) in [6.07, 6.45) is 2.87. The summed E-state index contributed by atoms with van der Waals surface area (Å²) in [4.78, 5) is 8.07. The average Bonchev–Trinajstić information content (AvgIpc) is 3.30. The summed E-state index contributed by atoms with van der Waals surface area (Å²) in [5.74, 6) is 0. The molecule has 4 rings (SSSR count). The minimum Gasteiger partial charge on any atom is -0.351 e. The number of nitrogens with zero attached hydrogens (tertiary/aromatic N) is 2. The van der Waals surface area contributed by atoms with Crippen LogP contribution in [0.5, 0.6) is 0 Å². The summed E-state index contributed by atoms with van der Waals surface area (Å²) in [5.41, 5.74) is 3.46. The molecule has 0 spiro atoms. The lowest BCUT2D eigenvalue weighted by Crippen LogP contribution is -2.29. The Morgan fingerprint density at radius 1 is 1.12 bits per heavy atom. The van der Waals surface area contributed by atoms with Crippen LogP contribution in [0.4, 0.5) is 5.69 Å². The van der Waals surface area contributed by atoms with E-state index in [1.807, 2.05) is 18.3 Å². The number of thiocarbonyl (C=S) groups is 1. The molecule has 0 aliphatic carbocycles. The topological polar surface area (TPSA) is 28.2 Å². The average molecular weight is 366 g/mol. The first-order chi connectivity index (χ1) is 12.3.